The van der Waals surface area contributed by atoms with Gasteiger partial charge in [-0.1, -0.05) is 12.1 Å². The molecule has 1 N–H and O–H groups in total. The molecule has 1 atom stereocenters. The van der Waals surface area contributed by atoms with Crippen molar-refractivity contribution in [1.29, 1.82) is 0 Å². The zero-order valence-corrected chi connectivity index (χ0v) is 20.2. The Morgan fingerprint density at radius 3 is 2.53 bits per heavy atom. The van der Waals surface area contributed by atoms with Crippen molar-refractivity contribution in [3.63, 3.8) is 0 Å². The third-order valence-electron chi connectivity index (χ3n) is 5.07. The number of anilines is 1. The van der Waals surface area contributed by atoms with Gasteiger partial charge in [-0.3, -0.25) is 4.21 Å². The number of ether oxygens (including phenoxy) is 1. The van der Waals surface area contributed by atoms with Crippen LogP contribution >= 0.6 is 0 Å². The van der Waals surface area contributed by atoms with Crippen LogP contribution < -0.4 is 15.1 Å². The van der Waals surface area contributed by atoms with E-state index in [1.54, 1.807) is 27.1 Å². The molecule has 0 radical (unpaired) electrons. The van der Waals surface area contributed by atoms with Gasteiger partial charge >= 0.3 is 11.7 Å². The lowest BCUT2D eigenvalue weighted by Crippen LogP contribution is -2.25. The molecule has 0 bridgehead atoms. The van der Waals surface area contributed by atoms with Gasteiger partial charge in [0.05, 0.1) is 5.69 Å². The summed E-state index contributed by atoms with van der Waals surface area (Å²) in [7, 11) is 6.77. The van der Waals surface area contributed by atoms with Crippen molar-refractivity contribution < 1.29 is 27.1 Å². The van der Waals surface area contributed by atoms with Crippen molar-refractivity contribution in [2.45, 2.75) is 19.9 Å². The second kappa shape index (κ2) is 10.3. The number of fused-ring (bicyclic) bond motifs is 1. The number of aryl methyl sites for hydroxylation is 1. The van der Waals surface area contributed by atoms with E-state index in [0.717, 1.165) is 0 Å². The van der Waals surface area contributed by atoms with E-state index in [1.807, 2.05) is 23.7 Å². The van der Waals surface area contributed by atoms with Crippen molar-refractivity contribution >= 4 is 34.0 Å². The highest BCUT2D eigenvalue weighted by molar-refractivity contribution is 7.80. The number of hydrogen-bond acceptors (Lipinski definition) is 7. The second-order valence-corrected chi connectivity index (χ2v) is 8.93. The molecular formula is C23H25FN3O6S-. The number of halogens is 1. The van der Waals surface area contributed by atoms with Crippen LogP contribution in [0.2, 0.25) is 0 Å². The number of rotatable bonds is 7. The van der Waals surface area contributed by atoms with Gasteiger partial charge < -0.3 is 28.2 Å². The molecule has 0 saturated heterocycles. The van der Waals surface area contributed by atoms with Crippen LogP contribution in [0.25, 0.3) is 11.0 Å². The zero-order chi connectivity index (χ0) is 25.2. The first kappa shape index (κ1) is 25.3. The largest absolute Gasteiger partial charge is 0.755 e. The van der Waals surface area contributed by atoms with E-state index in [1.165, 1.54) is 29.2 Å². The molecule has 9 nitrogen and oxygen atoms in total. The lowest BCUT2D eigenvalue weighted by Gasteiger charge is -2.19. The van der Waals surface area contributed by atoms with Gasteiger partial charge in [-0.15, -0.1) is 0 Å². The first-order chi connectivity index (χ1) is 16.0. The summed E-state index contributed by atoms with van der Waals surface area (Å²) in [5.41, 5.74) is 1.10. The molecule has 3 aromatic rings. The highest BCUT2D eigenvalue weighted by atomic mass is 32.2. The minimum Gasteiger partial charge on any atom is -0.755 e. The van der Waals surface area contributed by atoms with E-state index in [0.29, 0.717) is 23.1 Å². The molecule has 1 amide bonds. The van der Waals surface area contributed by atoms with Crippen LogP contribution in [0.4, 0.5) is 14.9 Å². The van der Waals surface area contributed by atoms with Gasteiger partial charge in [0.1, 0.15) is 11.3 Å². The van der Waals surface area contributed by atoms with Crippen LogP contribution in [0.1, 0.15) is 22.3 Å². The number of carbonyl (C=O) groups excluding carboxylic acids is 1. The summed E-state index contributed by atoms with van der Waals surface area (Å²) in [4.78, 5) is 28.1. The molecule has 0 saturated carbocycles. The lowest BCUT2D eigenvalue weighted by atomic mass is 9.95. The Morgan fingerprint density at radius 2 is 1.91 bits per heavy atom. The Morgan fingerprint density at radius 1 is 1.21 bits per heavy atom. The van der Waals surface area contributed by atoms with Gasteiger partial charge in [-0.2, -0.15) is 0 Å². The maximum absolute atomic E-state index is 14.9. The van der Waals surface area contributed by atoms with Gasteiger partial charge in [0.25, 0.3) is 0 Å². The molecule has 0 fully saturated rings. The highest BCUT2D eigenvalue weighted by Gasteiger charge is 2.21. The lowest BCUT2D eigenvalue weighted by molar-refractivity contribution is 0.172. The third-order valence-corrected chi connectivity index (χ3v) is 5.46. The summed E-state index contributed by atoms with van der Waals surface area (Å²) in [6.07, 6.45) is -0.681. The Hall–Kier alpha value is -3.28. The molecule has 3 rings (SSSR count). The molecule has 1 unspecified atom stereocenters. The monoisotopic (exact) mass is 490 g/mol. The SMILES string of the molecule is Cc1cc(OC(=O)N(C)C)cc2oc(=O)c(Cc3cccc(NS(=O)[O-])c3F)c(CN(C)C)c12. The minimum atomic E-state index is -2.70. The fourth-order valence-electron chi connectivity index (χ4n) is 3.62. The summed E-state index contributed by atoms with van der Waals surface area (Å²) >= 11 is -2.70. The fraction of sp³-hybridized carbons (Fsp3) is 0.304. The van der Waals surface area contributed by atoms with Crippen LogP contribution in [0.3, 0.4) is 0 Å². The number of hydrogen-bond donors (Lipinski definition) is 1. The summed E-state index contributed by atoms with van der Waals surface area (Å²) in [6.45, 7) is 2.16. The van der Waals surface area contributed by atoms with E-state index in [-0.39, 0.29) is 34.6 Å². The maximum Gasteiger partial charge on any atom is 0.414 e. The number of nitrogens with zero attached hydrogens (tertiary/aromatic N) is 2. The standard InChI is InChI=1S/C23H26FN3O6S/c1-13-9-15(32-23(29)27(4)5)11-19-20(13)17(12-26(2)3)16(22(28)33-19)10-14-7-6-8-18(21(14)24)25-34(30)31/h6-9,11,25H,10,12H2,1-5H3,(H,30,31)/p-1. The van der Waals surface area contributed by atoms with Crippen LogP contribution in [-0.4, -0.2) is 52.8 Å². The average Bonchev–Trinajstić information content (AvgIpc) is 2.72. The van der Waals surface area contributed by atoms with E-state index < -0.39 is 28.8 Å². The van der Waals surface area contributed by atoms with Crippen molar-refractivity contribution in [1.82, 2.24) is 9.80 Å². The Balaban J connectivity index is 2.17. The first-order valence-corrected chi connectivity index (χ1v) is 11.3. The quantitative estimate of drug-likeness (QED) is 0.400. The predicted molar refractivity (Wildman–Crippen MR) is 126 cm³/mol. The first-order valence-electron chi connectivity index (χ1n) is 10.2. The molecule has 0 aliphatic heterocycles. The molecule has 2 aromatic carbocycles. The molecular weight excluding hydrogens is 465 g/mol. The molecule has 1 aromatic heterocycles. The van der Waals surface area contributed by atoms with Crippen molar-refractivity contribution in [2.24, 2.45) is 0 Å². The molecule has 34 heavy (non-hydrogen) atoms. The maximum atomic E-state index is 14.9. The van der Waals surface area contributed by atoms with Crippen LogP contribution in [0.15, 0.2) is 39.5 Å². The molecule has 1 heterocycles. The number of nitrogens with one attached hydrogen (secondary N) is 1. The normalized spacial score (nSPS) is 12.1. The minimum absolute atomic E-state index is 0.106. The smallest absolute Gasteiger partial charge is 0.414 e. The average molecular weight is 491 g/mol. The molecule has 0 aliphatic carbocycles. The molecule has 0 spiro atoms. The van der Waals surface area contributed by atoms with Crippen LogP contribution in [0, 0.1) is 12.7 Å². The van der Waals surface area contributed by atoms with E-state index >= 15 is 0 Å². The Labute approximate surface area is 198 Å². The number of benzene rings is 2. The van der Waals surface area contributed by atoms with Gasteiger partial charge in [0.15, 0.2) is 5.82 Å². The van der Waals surface area contributed by atoms with E-state index in [9.17, 15) is 22.7 Å². The predicted octanol–water partition coefficient (Wildman–Crippen LogP) is 3.16. The second-order valence-electron chi connectivity index (χ2n) is 8.25. The topological polar surface area (TPSA) is 115 Å². The highest BCUT2D eigenvalue weighted by Crippen LogP contribution is 2.31. The third kappa shape index (κ3) is 5.61. The van der Waals surface area contributed by atoms with Crippen LogP contribution in [-0.2, 0) is 24.2 Å². The summed E-state index contributed by atoms with van der Waals surface area (Å²) in [6, 6.07) is 7.41. The van der Waals surface area contributed by atoms with Crippen molar-refractivity contribution in [3.05, 3.63) is 68.8 Å². The fourth-order valence-corrected chi connectivity index (χ4v) is 3.96. The number of carbonyl (C=O) groups is 1. The van der Waals surface area contributed by atoms with Gasteiger partial charge in [-0.25, -0.2) is 14.0 Å². The summed E-state index contributed by atoms with van der Waals surface area (Å²) in [5.74, 6) is -0.546. The van der Waals surface area contributed by atoms with Gasteiger partial charge in [0, 0.05) is 55.3 Å². The Bertz CT molecular complexity index is 1320. The van der Waals surface area contributed by atoms with Crippen LogP contribution in [0.5, 0.6) is 5.75 Å². The molecule has 182 valence electrons. The molecule has 11 heteroatoms. The van der Waals surface area contributed by atoms with Crippen molar-refractivity contribution in [2.75, 3.05) is 32.9 Å². The number of amides is 1. The van der Waals surface area contributed by atoms with Crippen molar-refractivity contribution in [3.8, 4) is 5.75 Å². The Kier molecular flexibility index (Phi) is 7.70. The summed E-state index contributed by atoms with van der Waals surface area (Å²) < 4.78 is 49.8. The molecule has 0 aliphatic rings. The van der Waals surface area contributed by atoms with E-state index in [4.69, 9.17) is 9.15 Å². The van der Waals surface area contributed by atoms with Gasteiger partial charge in [0.2, 0.25) is 0 Å². The van der Waals surface area contributed by atoms with Gasteiger partial charge in [-0.05, 0) is 49.8 Å². The zero-order valence-electron chi connectivity index (χ0n) is 19.4. The summed E-state index contributed by atoms with van der Waals surface area (Å²) in [5, 5.41) is 0.656. The van der Waals surface area contributed by atoms with E-state index in [2.05, 4.69) is 0 Å².